The van der Waals surface area contributed by atoms with E-state index in [1.165, 1.54) is 0 Å². The molecular formula is C17H18N2O2. The number of hydrogen-bond acceptors (Lipinski definition) is 2. The molecule has 0 unspecified atom stereocenters. The van der Waals surface area contributed by atoms with Crippen molar-refractivity contribution < 1.29 is 9.90 Å². The van der Waals surface area contributed by atoms with E-state index in [1.54, 1.807) is 9.80 Å². The van der Waals surface area contributed by atoms with Crippen LogP contribution in [0, 0.1) is 5.92 Å². The predicted molar refractivity (Wildman–Crippen MR) is 82.6 cm³/mol. The van der Waals surface area contributed by atoms with Crippen LogP contribution in [-0.4, -0.2) is 35.7 Å². The lowest BCUT2D eigenvalue weighted by Gasteiger charge is -2.41. The van der Waals surface area contributed by atoms with E-state index in [4.69, 9.17) is 5.11 Å². The molecule has 0 aromatic heterocycles. The van der Waals surface area contributed by atoms with Gasteiger partial charge in [-0.25, -0.2) is 4.79 Å². The van der Waals surface area contributed by atoms with Crippen molar-refractivity contribution in [1.29, 1.82) is 0 Å². The van der Waals surface area contributed by atoms with Gasteiger partial charge in [-0.2, -0.15) is 0 Å². The van der Waals surface area contributed by atoms with Crippen LogP contribution in [-0.2, 0) is 0 Å². The van der Waals surface area contributed by atoms with Crippen molar-refractivity contribution >= 4 is 17.4 Å². The standard InChI is InChI=1S/C17H18N2O2/c20-13-14-11-18(12-14)17(21)19(15-7-3-1-4-8-15)16-9-5-2-6-10-16/h1-10,14,20H,11-13H2. The monoisotopic (exact) mass is 282 g/mol. The number of aliphatic hydroxyl groups is 1. The van der Waals surface area contributed by atoms with E-state index in [-0.39, 0.29) is 18.6 Å². The molecule has 1 heterocycles. The van der Waals surface area contributed by atoms with Crippen molar-refractivity contribution in [2.75, 3.05) is 24.6 Å². The van der Waals surface area contributed by atoms with Crippen molar-refractivity contribution in [3.05, 3.63) is 60.7 Å². The van der Waals surface area contributed by atoms with Crippen LogP contribution in [0.2, 0.25) is 0 Å². The van der Waals surface area contributed by atoms with Gasteiger partial charge in [-0.05, 0) is 24.3 Å². The third kappa shape index (κ3) is 2.76. The minimum atomic E-state index is -0.0444. The molecule has 3 rings (SSSR count). The summed E-state index contributed by atoms with van der Waals surface area (Å²) < 4.78 is 0. The maximum atomic E-state index is 12.8. The smallest absolute Gasteiger partial charge is 0.329 e. The Morgan fingerprint density at radius 3 is 1.90 bits per heavy atom. The van der Waals surface area contributed by atoms with Gasteiger partial charge in [0, 0.05) is 25.6 Å². The molecular weight excluding hydrogens is 264 g/mol. The van der Waals surface area contributed by atoms with Crippen molar-refractivity contribution in [2.24, 2.45) is 5.92 Å². The summed E-state index contributed by atoms with van der Waals surface area (Å²) in [5.41, 5.74) is 1.70. The van der Waals surface area contributed by atoms with Crippen molar-refractivity contribution in [2.45, 2.75) is 0 Å². The fourth-order valence-corrected chi connectivity index (χ4v) is 2.51. The normalized spacial score (nSPS) is 14.6. The minimum absolute atomic E-state index is 0.0444. The molecule has 0 radical (unpaired) electrons. The number of benzene rings is 2. The summed E-state index contributed by atoms with van der Waals surface area (Å²) in [4.78, 5) is 16.2. The molecule has 1 N–H and O–H groups in total. The maximum absolute atomic E-state index is 12.8. The minimum Gasteiger partial charge on any atom is -0.396 e. The topological polar surface area (TPSA) is 43.8 Å². The molecule has 4 heteroatoms. The number of amides is 2. The second-order valence-corrected chi connectivity index (χ2v) is 5.24. The van der Waals surface area contributed by atoms with E-state index >= 15 is 0 Å². The molecule has 1 aliphatic heterocycles. The SMILES string of the molecule is O=C(N1CC(CO)C1)N(c1ccccc1)c1ccccc1. The first-order chi connectivity index (χ1) is 10.3. The number of carbonyl (C=O) groups is 1. The van der Waals surface area contributed by atoms with Crippen molar-refractivity contribution in [1.82, 2.24) is 4.90 Å². The predicted octanol–water partition coefficient (Wildman–Crippen LogP) is 2.87. The van der Waals surface area contributed by atoms with Crippen LogP contribution < -0.4 is 4.90 Å². The highest BCUT2D eigenvalue weighted by molar-refractivity contribution is 5.99. The molecule has 21 heavy (non-hydrogen) atoms. The van der Waals surface area contributed by atoms with Crippen molar-refractivity contribution in [3.8, 4) is 0 Å². The second-order valence-electron chi connectivity index (χ2n) is 5.24. The fraction of sp³-hybridized carbons (Fsp3) is 0.235. The first kappa shape index (κ1) is 13.6. The first-order valence-electron chi connectivity index (χ1n) is 7.09. The molecule has 1 saturated heterocycles. The number of aliphatic hydroxyl groups excluding tert-OH is 1. The van der Waals surface area contributed by atoms with E-state index < -0.39 is 0 Å². The van der Waals surface area contributed by atoms with Gasteiger partial charge in [-0.15, -0.1) is 0 Å². The molecule has 0 atom stereocenters. The number of nitrogens with zero attached hydrogens (tertiary/aromatic N) is 2. The molecule has 1 fully saturated rings. The van der Waals surface area contributed by atoms with Gasteiger partial charge < -0.3 is 10.0 Å². The van der Waals surface area contributed by atoms with Crippen molar-refractivity contribution in [3.63, 3.8) is 0 Å². The third-order valence-electron chi connectivity index (χ3n) is 3.71. The molecule has 108 valence electrons. The van der Waals surface area contributed by atoms with E-state index in [0.717, 1.165) is 11.4 Å². The van der Waals surface area contributed by atoms with Crippen LogP contribution in [0.25, 0.3) is 0 Å². The zero-order chi connectivity index (χ0) is 14.7. The van der Waals surface area contributed by atoms with E-state index in [0.29, 0.717) is 13.1 Å². The Morgan fingerprint density at radius 2 is 1.48 bits per heavy atom. The molecule has 0 saturated carbocycles. The zero-order valence-electron chi connectivity index (χ0n) is 11.7. The molecule has 1 aliphatic rings. The number of urea groups is 1. The summed E-state index contributed by atoms with van der Waals surface area (Å²) in [6.07, 6.45) is 0. The van der Waals surface area contributed by atoms with Gasteiger partial charge in [0.1, 0.15) is 0 Å². The third-order valence-corrected chi connectivity index (χ3v) is 3.71. The van der Waals surface area contributed by atoms with Gasteiger partial charge in [0.05, 0.1) is 11.4 Å². The highest BCUT2D eigenvalue weighted by Crippen LogP contribution is 2.28. The molecule has 2 aromatic carbocycles. The first-order valence-corrected chi connectivity index (χ1v) is 7.09. The van der Waals surface area contributed by atoms with Gasteiger partial charge in [-0.1, -0.05) is 36.4 Å². The van der Waals surface area contributed by atoms with Crippen LogP contribution >= 0.6 is 0 Å². The van der Waals surface area contributed by atoms with E-state index in [2.05, 4.69) is 0 Å². The van der Waals surface area contributed by atoms with Gasteiger partial charge in [0.15, 0.2) is 0 Å². The van der Waals surface area contributed by atoms with Crippen LogP contribution in [0.3, 0.4) is 0 Å². The van der Waals surface area contributed by atoms with Gasteiger partial charge in [-0.3, -0.25) is 4.90 Å². The number of para-hydroxylation sites is 2. The Morgan fingerprint density at radius 1 is 1.00 bits per heavy atom. The van der Waals surface area contributed by atoms with Gasteiger partial charge in [0.25, 0.3) is 0 Å². The Hall–Kier alpha value is -2.33. The second kappa shape index (κ2) is 5.97. The zero-order valence-corrected chi connectivity index (χ0v) is 11.7. The number of likely N-dealkylation sites (tertiary alicyclic amines) is 1. The Kier molecular flexibility index (Phi) is 3.88. The van der Waals surface area contributed by atoms with Gasteiger partial charge in [0.2, 0.25) is 0 Å². The maximum Gasteiger partial charge on any atom is 0.329 e. The number of hydrogen-bond donors (Lipinski definition) is 1. The van der Waals surface area contributed by atoms with Crippen LogP contribution in [0.1, 0.15) is 0 Å². The lowest BCUT2D eigenvalue weighted by Crippen LogP contribution is -2.55. The average Bonchev–Trinajstić information content (AvgIpc) is 2.49. The van der Waals surface area contributed by atoms with Crippen LogP contribution in [0.4, 0.5) is 16.2 Å². The van der Waals surface area contributed by atoms with Gasteiger partial charge >= 0.3 is 6.03 Å². The molecule has 2 aromatic rings. The Labute approximate surface area is 124 Å². The largest absolute Gasteiger partial charge is 0.396 e. The summed E-state index contributed by atoms with van der Waals surface area (Å²) in [5.74, 6) is 0.211. The highest BCUT2D eigenvalue weighted by Gasteiger charge is 2.33. The van der Waals surface area contributed by atoms with Crippen LogP contribution in [0.15, 0.2) is 60.7 Å². The summed E-state index contributed by atoms with van der Waals surface area (Å²) >= 11 is 0. The molecule has 0 bridgehead atoms. The molecule has 0 spiro atoms. The molecule has 0 aliphatic carbocycles. The highest BCUT2D eigenvalue weighted by atomic mass is 16.3. The summed E-state index contributed by atoms with van der Waals surface area (Å²) in [6.45, 7) is 1.37. The van der Waals surface area contributed by atoms with E-state index in [9.17, 15) is 4.79 Å². The summed E-state index contributed by atoms with van der Waals surface area (Å²) in [6, 6.07) is 19.2. The number of anilines is 2. The fourth-order valence-electron chi connectivity index (χ4n) is 2.51. The number of rotatable bonds is 3. The lowest BCUT2D eigenvalue weighted by atomic mass is 10.0. The molecule has 2 amide bonds. The lowest BCUT2D eigenvalue weighted by molar-refractivity contribution is 0.0818. The summed E-state index contributed by atoms with van der Waals surface area (Å²) in [7, 11) is 0. The Bertz CT molecular complexity index is 555. The summed E-state index contributed by atoms with van der Waals surface area (Å²) in [5, 5.41) is 9.11. The quantitative estimate of drug-likeness (QED) is 0.940. The molecule has 4 nitrogen and oxygen atoms in total. The van der Waals surface area contributed by atoms with Crippen LogP contribution in [0.5, 0.6) is 0 Å². The Balaban J connectivity index is 1.89. The van der Waals surface area contributed by atoms with E-state index in [1.807, 2.05) is 60.7 Å². The number of carbonyl (C=O) groups excluding carboxylic acids is 1. The average molecular weight is 282 g/mol.